The quantitative estimate of drug-likeness (QED) is 0.764. The summed E-state index contributed by atoms with van der Waals surface area (Å²) in [6, 6.07) is 6.07. The SMILES string of the molecule is COC(=O)Nc1ccc(S(=O)(=O)N2CCC[C@H](Cc3nc(C4CC4)no3)C2)cc1. The van der Waals surface area contributed by atoms with Crippen LogP contribution in [0.3, 0.4) is 0 Å². The molecule has 2 fully saturated rings. The molecule has 1 aliphatic heterocycles. The molecule has 0 spiro atoms. The number of hydrogen-bond donors (Lipinski definition) is 1. The Bertz CT molecular complexity index is 969. The van der Waals surface area contributed by atoms with Crippen molar-refractivity contribution in [2.75, 3.05) is 25.5 Å². The van der Waals surface area contributed by atoms with E-state index in [1.54, 1.807) is 12.1 Å². The molecule has 0 radical (unpaired) electrons. The molecule has 0 unspecified atom stereocenters. The molecular weight excluding hydrogens is 396 g/mol. The van der Waals surface area contributed by atoms with E-state index in [1.807, 2.05) is 0 Å². The molecule has 1 amide bonds. The van der Waals surface area contributed by atoms with E-state index in [0.29, 0.717) is 37.0 Å². The number of aromatic nitrogens is 2. The second kappa shape index (κ2) is 8.11. The number of nitrogens with one attached hydrogen (secondary N) is 1. The van der Waals surface area contributed by atoms with Crippen LogP contribution in [0, 0.1) is 5.92 Å². The molecule has 2 aromatic rings. The fourth-order valence-electron chi connectivity index (χ4n) is 3.55. The Labute approximate surface area is 169 Å². The normalized spacial score (nSPS) is 20.4. The minimum absolute atomic E-state index is 0.145. The van der Waals surface area contributed by atoms with Crippen molar-refractivity contribution < 1.29 is 22.5 Å². The first kappa shape index (κ1) is 19.8. The largest absolute Gasteiger partial charge is 0.453 e. The van der Waals surface area contributed by atoms with Crippen molar-refractivity contribution in [2.45, 2.75) is 42.9 Å². The summed E-state index contributed by atoms with van der Waals surface area (Å²) >= 11 is 0. The Hall–Kier alpha value is -2.46. The number of nitrogens with zero attached hydrogens (tertiary/aromatic N) is 3. The van der Waals surface area contributed by atoms with Gasteiger partial charge in [-0.25, -0.2) is 13.2 Å². The molecular formula is C19H24N4O5S. The maximum Gasteiger partial charge on any atom is 0.411 e. The van der Waals surface area contributed by atoms with Gasteiger partial charge < -0.3 is 9.26 Å². The number of piperidine rings is 1. The Morgan fingerprint density at radius 3 is 2.72 bits per heavy atom. The van der Waals surface area contributed by atoms with Crippen molar-refractivity contribution in [1.29, 1.82) is 0 Å². The lowest BCUT2D eigenvalue weighted by Crippen LogP contribution is -2.40. The van der Waals surface area contributed by atoms with E-state index in [2.05, 4.69) is 20.2 Å². The maximum absolute atomic E-state index is 13.0. The summed E-state index contributed by atoms with van der Waals surface area (Å²) < 4.78 is 37.5. The fourth-order valence-corrected chi connectivity index (χ4v) is 5.10. The van der Waals surface area contributed by atoms with Gasteiger partial charge in [-0.15, -0.1) is 0 Å². The summed E-state index contributed by atoms with van der Waals surface area (Å²) in [5.74, 6) is 1.95. The molecule has 1 aliphatic carbocycles. The molecule has 1 aromatic carbocycles. The zero-order valence-corrected chi connectivity index (χ0v) is 17.0. The lowest BCUT2D eigenvalue weighted by Gasteiger charge is -2.31. The number of sulfonamides is 1. The van der Waals surface area contributed by atoms with E-state index < -0.39 is 16.1 Å². The number of benzene rings is 1. The average molecular weight is 420 g/mol. The predicted molar refractivity (Wildman–Crippen MR) is 104 cm³/mol. The Balaban J connectivity index is 1.41. The molecule has 156 valence electrons. The summed E-state index contributed by atoms with van der Waals surface area (Å²) in [7, 11) is -2.35. The molecule has 1 N–H and O–H groups in total. The topological polar surface area (TPSA) is 115 Å². The Morgan fingerprint density at radius 1 is 1.28 bits per heavy atom. The van der Waals surface area contributed by atoms with Gasteiger partial charge in [0, 0.05) is 31.1 Å². The second-order valence-electron chi connectivity index (χ2n) is 7.54. The molecule has 4 rings (SSSR count). The summed E-state index contributed by atoms with van der Waals surface area (Å²) in [5.41, 5.74) is 0.468. The predicted octanol–water partition coefficient (Wildman–Crippen LogP) is 2.77. The van der Waals surface area contributed by atoms with Crippen LogP contribution in [0.25, 0.3) is 0 Å². The Morgan fingerprint density at radius 2 is 2.03 bits per heavy atom. The van der Waals surface area contributed by atoms with Crippen LogP contribution in [0.1, 0.15) is 43.3 Å². The van der Waals surface area contributed by atoms with Gasteiger partial charge in [0.25, 0.3) is 0 Å². The number of carbonyl (C=O) groups excluding carboxylic acids is 1. The zero-order valence-electron chi connectivity index (χ0n) is 16.2. The molecule has 1 aromatic heterocycles. The van der Waals surface area contributed by atoms with Crippen molar-refractivity contribution >= 4 is 21.8 Å². The Kier molecular flexibility index (Phi) is 5.55. The third kappa shape index (κ3) is 4.59. The highest BCUT2D eigenvalue weighted by Gasteiger charge is 2.32. The molecule has 0 bridgehead atoms. The highest BCUT2D eigenvalue weighted by atomic mass is 32.2. The van der Waals surface area contributed by atoms with E-state index in [1.165, 1.54) is 23.5 Å². The number of carbonyl (C=O) groups is 1. The van der Waals surface area contributed by atoms with Crippen LogP contribution in [0.15, 0.2) is 33.7 Å². The van der Waals surface area contributed by atoms with Crippen LogP contribution in [-0.2, 0) is 21.2 Å². The number of methoxy groups -OCH3 is 1. The molecule has 1 saturated heterocycles. The number of amides is 1. The minimum Gasteiger partial charge on any atom is -0.453 e. The van der Waals surface area contributed by atoms with Crippen LogP contribution in [0.5, 0.6) is 0 Å². The fraction of sp³-hybridized carbons (Fsp3) is 0.526. The van der Waals surface area contributed by atoms with Gasteiger partial charge in [-0.3, -0.25) is 5.32 Å². The van der Waals surface area contributed by atoms with Gasteiger partial charge in [0.15, 0.2) is 5.82 Å². The smallest absolute Gasteiger partial charge is 0.411 e. The van der Waals surface area contributed by atoms with Crippen molar-refractivity contribution in [3.8, 4) is 0 Å². The van der Waals surface area contributed by atoms with Crippen LogP contribution < -0.4 is 5.32 Å². The molecule has 2 heterocycles. The summed E-state index contributed by atoms with van der Waals surface area (Å²) in [5, 5.41) is 6.54. The third-order valence-electron chi connectivity index (χ3n) is 5.30. The highest BCUT2D eigenvalue weighted by molar-refractivity contribution is 7.89. The van der Waals surface area contributed by atoms with Gasteiger partial charge in [-0.2, -0.15) is 9.29 Å². The van der Waals surface area contributed by atoms with Gasteiger partial charge in [0.05, 0.1) is 12.0 Å². The van der Waals surface area contributed by atoms with Crippen LogP contribution in [-0.4, -0.2) is 49.2 Å². The van der Waals surface area contributed by atoms with Gasteiger partial charge >= 0.3 is 6.09 Å². The number of hydrogen-bond acceptors (Lipinski definition) is 7. The van der Waals surface area contributed by atoms with Crippen LogP contribution >= 0.6 is 0 Å². The van der Waals surface area contributed by atoms with Crippen LogP contribution in [0.4, 0.5) is 10.5 Å². The summed E-state index contributed by atoms with van der Waals surface area (Å²) in [6.45, 7) is 0.907. The van der Waals surface area contributed by atoms with Crippen LogP contribution in [0.2, 0.25) is 0 Å². The molecule has 9 nitrogen and oxygen atoms in total. The molecule has 1 saturated carbocycles. The van der Waals surface area contributed by atoms with Gasteiger partial charge in [-0.1, -0.05) is 5.16 Å². The van der Waals surface area contributed by atoms with E-state index in [9.17, 15) is 13.2 Å². The summed E-state index contributed by atoms with van der Waals surface area (Å²) in [4.78, 5) is 15.9. The molecule has 2 aliphatic rings. The number of rotatable bonds is 6. The van der Waals surface area contributed by atoms with E-state index >= 15 is 0 Å². The van der Waals surface area contributed by atoms with Gasteiger partial charge in [0.1, 0.15) is 0 Å². The van der Waals surface area contributed by atoms with Gasteiger partial charge in [0.2, 0.25) is 15.9 Å². The first-order valence-corrected chi connectivity index (χ1v) is 11.2. The van der Waals surface area contributed by atoms with Crippen molar-refractivity contribution in [2.24, 2.45) is 5.92 Å². The number of anilines is 1. The van der Waals surface area contributed by atoms with E-state index in [4.69, 9.17) is 4.52 Å². The lowest BCUT2D eigenvalue weighted by molar-refractivity contribution is 0.187. The second-order valence-corrected chi connectivity index (χ2v) is 9.47. The minimum atomic E-state index is -3.61. The average Bonchev–Trinajstić information content (AvgIpc) is 3.48. The monoisotopic (exact) mass is 420 g/mol. The van der Waals surface area contributed by atoms with Crippen molar-refractivity contribution in [1.82, 2.24) is 14.4 Å². The van der Waals surface area contributed by atoms with Gasteiger partial charge in [-0.05, 0) is 55.9 Å². The molecule has 10 heteroatoms. The third-order valence-corrected chi connectivity index (χ3v) is 7.17. The lowest BCUT2D eigenvalue weighted by atomic mass is 9.96. The van der Waals surface area contributed by atoms with Crippen molar-refractivity contribution in [3.63, 3.8) is 0 Å². The number of ether oxygens (including phenoxy) is 1. The zero-order chi connectivity index (χ0) is 20.4. The van der Waals surface area contributed by atoms with Crippen molar-refractivity contribution in [3.05, 3.63) is 36.0 Å². The van der Waals surface area contributed by atoms with E-state index in [-0.39, 0.29) is 10.8 Å². The maximum atomic E-state index is 13.0. The first-order chi connectivity index (χ1) is 14.0. The standard InChI is InChI=1S/C19H24N4O5S/c1-27-19(24)20-15-6-8-16(9-7-15)29(25,26)23-10-2-3-13(12-23)11-17-21-18(22-28-17)14-4-5-14/h6-9,13-14H,2-5,10-12H2,1H3,(H,20,24)/t13-/m1/s1. The first-order valence-electron chi connectivity index (χ1n) is 9.73. The summed E-state index contributed by atoms with van der Waals surface area (Å²) in [6.07, 6.45) is 3.92. The van der Waals surface area contributed by atoms with E-state index in [0.717, 1.165) is 31.5 Å². The molecule has 1 atom stereocenters. The molecule has 29 heavy (non-hydrogen) atoms. The highest BCUT2D eigenvalue weighted by Crippen LogP contribution is 2.38.